The number of thiophene rings is 1. The summed E-state index contributed by atoms with van der Waals surface area (Å²) in [6.45, 7) is 0. The molecule has 0 amide bonds. The number of halogens is 1. The number of nitrogens with one attached hydrogen (secondary N) is 1. The summed E-state index contributed by atoms with van der Waals surface area (Å²) in [4.78, 5) is 11.1. The number of rotatable bonds is 3. The first-order chi connectivity index (χ1) is 11.2. The Labute approximate surface area is 145 Å². The van der Waals surface area contributed by atoms with Crippen LogP contribution >= 0.6 is 27.3 Å². The van der Waals surface area contributed by atoms with Crippen LogP contribution in [0.4, 0.5) is 5.82 Å². The molecule has 1 aliphatic carbocycles. The predicted octanol–water partition coefficient (Wildman–Crippen LogP) is 4.09. The summed E-state index contributed by atoms with van der Waals surface area (Å²) in [7, 11) is 0. The summed E-state index contributed by atoms with van der Waals surface area (Å²) in [6, 6.07) is 5.21. The van der Waals surface area contributed by atoms with Crippen molar-refractivity contribution in [3.63, 3.8) is 0 Å². The minimum atomic E-state index is 0.183. The molecule has 1 aromatic carbocycles. The molecular weight excluding hydrogens is 376 g/mol. The second-order valence-corrected chi connectivity index (χ2v) is 7.33. The third-order valence-corrected chi connectivity index (χ3v) is 5.56. The minimum Gasteiger partial charge on any atom is -0.507 e. The van der Waals surface area contributed by atoms with Crippen LogP contribution in [0.25, 0.3) is 10.2 Å². The Hall–Kier alpha value is -1.99. The van der Waals surface area contributed by atoms with E-state index in [1.807, 2.05) is 0 Å². The molecule has 0 atom stereocenters. The third kappa shape index (κ3) is 2.70. The van der Waals surface area contributed by atoms with Gasteiger partial charge in [-0.1, -0.05) is 15.9 Å². The number of nitrogens with zero attached hydrogens (tertiary/aromatic N) is 3. The third-order valence-electron chi connectivity index (χ3n) is 3.87. The van der Waals surface area contributed by atoms with Crippen molar-refractivity contribution >= 4 is 49.5 Å². The van der Waals surface area contributed by atoms with E-state index < -0.39 is 0 Å². The molecule has 0 fully saturated rings. The molecule has 1 aliphatic rings. The molecular formula is C16H13BrN4OS. The number of hydrogen-bond acceptors (Lipinski definition) is 6. The van der Waals surface area contributed by atoms with Crippen molar-refractivity contribution in [2.45, 2.75) is 19.3 Å². The molecule has 23 heavy (non-hydrogen) atoms. The Morgan fingerprint density at radius 1 is 1.30 bits per heavy atom. The molecule has 0 bridgehead atoms. The van der Waals surface area contributed by atoms with Crippen molar-refractivity contribution < 1.29 is 5.11 Å². The van der Waals surface area contributed by atoms with E-state index in [0.29, 0.717) is 5.56 Å². The Kier molecular flexibility index (Phi) is 3.74. The summed E-state index contributed by atoms with van der Waals surface area (Å²) in [5.41, 5.74) is 4.98. The number of phenols is 1. The van der Waals surface area contributed by atoms with Crippen LogP contribution in [0.5, 0.6) is 5.75 Å². The van der Waals surface area contributed by atoms with Gasteiger partial charge < -0.3 is 5.11 Å². The molecule has 0 aliphatic heterocycles. The largest absolute Gasteiger partial charge is 0.507 e. The number of aryl methyl sites for hydroxylation is 2. The first-order valence-electron chi connectivity index (χ1n) is 7.25. The van der Waals surface area contributed by atoms with Gasteiger partial charge in [0.15, 0.2) is 5.82 Å². The van der Waals surface area contributed by atoms with Gasteiger partial charge in [-0.25, -0.2) is 9.97 Å². The van der Waals surface area contributed by atoms with E-state index in [9.17, 15) is 5.11 Å². The first-order valence-corrected chi connectivity index (χ1v) is 8.86. The van der Waals surface area contributed by atoms with Gasteiger partial charge in [0.25, 0.3) is 0 Å². The lowest BCUT2D eigenvalue weighted by molar-refractivity contribution is 0.474. The highest BCUT2D eigenvalue weighted by atomic mass is 79.9. The van der Waals surface area contributed by atoms with Crippen LogP contribution in [0.2, 0.25) is 0 Å². The van der Waals surface area contributed by atoms with E-state index in [4.69, 9.17) is 0 Å². The Morgan fingerprint density at radius 2 is 2.22 bits per heavy atom. The number of benzene rings is 1. The Bertz CT molecular complexity index is 922. The summed E-state index contributed by atoms with van der Waals surface area (Å²) in [5, 5.41) is 15.1. The molecule has 2 aromatic heterocycles. The van der Waals surface area contributed by atoms with Gasteiger partial charge in [-0.05, 0) is 43.0 Å². The second-order valence-electron chi connectivity index (χ2n) is 5.33. The van der Waals surface area contributed by atoms with Crippen molar-refractivity contribution in [1.82, 2.24) is 9.97 Å². The number of anilines is 1. The van der Waals surface area contributed by atoms with E-state index in [1.54, 1.807) is 42.1 Å². The zero-order valence-electron chi connectivity index (χ0n) is 12.1. The molecule has 0 saturated heterocycles. The highest BCUT2D eigenvalue weighted by Crippen LogP contribution is 2.38. The zero-order chi connectivity index (χ0) is 15.8. The fourth-order valence-corrected chi connectivity index (χ4v) is 4.41. The van der Waals surface area contributed by atoms with Crippen molar-refractivity contribution in [2.75, 3.05) is 5.43 Å². The maximum Gasteiger partial charge on any atom is 0.158 e. The first kappa shape index (κ1) is 14.6. The Morgan fingerprint density at radius 3 is 3.13 bits per heavy atom. The molecule has 3 aromatic rings. The van der Waals surface area contributed by atoms with E-state index in [2.05, 4.69) is 36.4 Å². The van der Waals surface area contributed by atoms with Gasteiger partial charge >= 0.3 is 0 Å². The quantitative estimate of drug-likeness (QED) is 0.523. The maximum atomic E-state index is 9.83. The average Bonchev–Trinajstić information content (AvgIpc) is 3.11. The van der Waals surface area contributed by atoms with Gasteiger partial charge in [-0.3, -0.25) is 5.43 Å². The average molecular weight is 389 g/mol. The molecule has 7 heteroatoms. The molecule has 0 unspecified atom stereocenters. The molecule has 4 rings (SSSR count). The molecule has 2 heterocycles. The topological polar surface area (TPSA) is 70.4 Å². The summed E-state index contributed by atoms with van der Waals surface area (Å²) < 4.78 is 0.886. The van der Waals surface area contributed by atoms with Gasteiger partial charge in [0.05, 0.1) is 11.6 Å². The van der Waals surface area contributed by atoms with Gasteiger partial charge in [0.2, 0.25) is 0 Å². The molecule has 2 N–H and O–H groups in total. The molecule has 0 saturated carbocycles. The van der Waals surface area contributed by atoms with E-state index in [0.717, 1.165) is 33.3 Å². The van der Waals surface area contributed by atoms with Crippen molar-refractivity contribution in [1.29, 1.82) is 0 Å². The lowest BCUT2D eigenvalue weighted by atomic mass is 10.2. The number of phenolic OH excluding ortho intramolecular Hbond substituents is 1. The standard InChI is InChI=1S/C16H13BrN4OS/c17-10-4-5-12(22)9(6-10)7-20-21-15-14-11-2-1-3-13(11)23-16(14)19-8-18-15/h4-8,22H,1-3H2,(H,18,19,21)/b20-7+. The maximum absolute atomic E-state index is 9.83. The highest BCUT2D eigenvalue weighted by Gasteiger charge is 2.20. The van der Waals surface area contributed by atoms with Gasteiger partial charge in [0.1, 0.15) is 16.9 Å². The van der Waals surface area contributed by atoms with Crippen LogP contribution in [-0.4, -0.2) is 21.3 Å². The fourth-order valence-electron chi connectivity index (χ4n) is 2.81. The lowest BCUT2D eigenvalue weighted by Crippen LogP contribution is -1.96. The van der Waals surface area contributed by atoms with E-state index in [-0.39, 0.29) is 5.75 Å². The number of fused-ring (bicyclic) bond motifs is 3. The number of hydrazone groups is 1. The highest BCUT2D eigenvalue weighted by molar-refractivity contribution is 9.10. The van der Waals surface area contributed by atoms with Gasteiger partial charge in [-0.2, -0.15) is 5.10 Å². The van der Waals surface area contributed by atoms with Crippen LogP contribution in [0.15, 0.2) is 34.1 Å². The molecule has 5 nitrogen and oxygen atoms in total. The fraction of sp³-hybridized carbons (Fsp3) is 0.188. The smallest absolute Gasteiger partial charge is 0.158 e. The Balaban J connectivity index is 1.66. The summed E-state index contributed by atoms with van der Waals surface area (Å²) in [6.07, 6.45) is 6.54. The van der Waals surface area contributed by atoms with E-state index >= 15 is 0 Å². The lowest BCUT2D eigenvalue weighted by Gasteiger charge is -2.03. The summed E-state index contributed by atoms with van der Waals surface area (Å²) >= 11 is 5.13. The number of hydrogen-bond donors (Lipinski definition) is 2. The summed E-state index contributed by atoms with van der Waals surface area (Å²) in [5.74, 6) is 0.906. The zero-order valence-corrected chi connectivity index (χ0v) is 14.5. The van der Waals surface area contributed by atoms with Crippen molar-refractivity contribution in [3.05, 3.63) is 45.0 Å². The van der Waals surface area contributed by atoms with Crippen LogP contribution < -0.4 is 5.43 Å². The predicted molar refractivity (Wildman–Crippen MR) is 96.5 cm³/mol. The monoisotopic (exact) mass is 388 g/mol. The van der Waals surface area contributed by atoms with Crippen LogP contribution in [0.3, 0.4) is 0 Å². The minimum absolute atomic E-state index is 0.183. The van der Waals surface area contributed by atoms with Gasteiger partial charge in [0, 0.05) is 14.9 Å². The number of aromatic nitrogens is 2. The molecule has 0 spiro atoms. The van der Waals surface area contributed by atoms with E-state index in [1.165, 1.54) is 16.9 Å². The molecule has 0 radical (unpaired) electrons. The van der Waals surface area contributed by atoms with Crippen molar-refractivity contribution in [2.24, 2.45) is 5.10 Å². The normalized spacial score (nSPS) is 13.8. The van der Waals surface area contributed by atoms with Crippen LogP contribution in [0, 0.1) is 0 Å². The van der Waals surface area contributed by atoms with Crippen LogP contribution in [-0.2, 0) is 12.8 Å². The van der Waals surface area contributed by atoms with Gasteiger partial charge in [-0.15, -0.1) is 11.3 Å². The SMILES string of the molecule is Oc1ccc(Br)cc1/C=N/Nc1ncnc2sc3c(c12)CCC3. The van der Waals surface area contributed by atoms with Crippen LogP contribution in [0.1, 0.15) is 22.4 Å². The molecule has 116 valence electrons. The van der Waals surface area contributed by atoms with Crippen molar-refractivity contribution in [3.8, 4) is 5.75 Å². The number of aromatic hydroxyl groups is 1. The second kappa shape index (κ2) is 5.90.